The van der Waals surface area contributed by atoms with Crippen LogP contribution in [0.4, 0.5) is 4.39 Å². The number of hydrogen-bond acceptors (Lipinski definition) is 4. The van der Waals surface area contributed by atoms with E-state index in [9.17, 15) is 22.4 Å². The Morgan fingerprint density at radius 3 is 2.67 bits per heavy atom. The van der Waals surface area contributed by atoms with Gasteiger partial charge in [0.25, 0.3) is 5.56 Å². The SMILES string of the molecule is C[C@@H](CS(=O)(=O)CCCn1ccc(=O)[nH]c1=O)c1cccc(F)c1. The van der Waals surface area contributed by atoms with Crippen LogP contribution in [0.2, 0.25) is 0 Å². The molecule has 1 N–H and O–H groups in total. The van der Waals surface area contributed by atoms with Crippen LogP contribution in [0.5, 0.6) is 0 Å². The van der Waals surface area contributed by atoms with Gasteiger partial charge in [-0.2, -0.15) is 0 Å². The highest BCUT2D eigenvalue weighted by Gasteiger charge is 2.17. The minimum absolute atomic E-state index is 0.0851. The van der Waals surface area contributed by atoms with Crippen molar-refractivity contribution in [2.75, 3.05) is 11.5 Å². The Bertz CT molecular complexity index is 918. The Morgan fingerprint density at radius 1 is 1.25 bits per heavy atom. The van der Waals surface area contributed by atoms with E-state index in [-0.39, 0.29) is 30.4 Å². The van der Waals surface area contributed by atoms with Crippen LogP contribution in [0, 0.1) is 5.82 Å². The van der Waals surface area contributed by atoms with E-state index in [1.807, 2.05) is 0 Å². The third kappa shape index (κ3) is 5.16. The third-order valence-electron chi connectivity index (χ3n) is 3.67. The van der Waals surface area contributed by atoms with Crippen LogP contribution >= 0.6 is 0 Å². The van der Waals surface area contributed by atoms with Crippen molar-refractivity contribution in [3.05, 3.63) is 68.7 Å². The predicted octanol–water partition coefficient (Wildman–Crippen LogP) is 1.28. The second kappa shape index (κ2) is 7.57. The van der Waals surface area contributed by atoms with Gasteiger partial charge in [-0.3, -0.25) is 9.78 Å². The molecule has 1 aromatic heterocycles. The van der Waals surface area contributed by atoms with E-state index < -0.39 is 26.9 Å². The molecular formula is C16H19FN2O4S. The molecule has 1 atom stereocenters. The minimum Gasteiger partial charge on any atom is -0.301 e. The van der Waals surface area contributed by atoms with Crippen LogP contribution < -0.4 is 11.2 Å². The van der Waals surface area contributed by atoms with Gasteiger partial charge in [0.05, 0.1) is 11.5 Å². The molecule has 130 valence electrons. The molecule has 0 unspecified atom stereocenters. The molecule has 0 saturated heterocycles. The largest absolute Gasteiger partial charge is 0.328 e. The van der Waals surface area contributed by atoms with E-state index >= 15 is 0 Å². The van der Waals surface area contributed by atoms with Crippen molar-refractivity contribution in [3.8, 4) is 0 Å². The Kier molecular flexibility index (Phi) is 5.71. The smallest absolute Gasteiger partial charge is 0.301 e. The van der Waals surface area contributed by atoms with Crippen molar-refractivity contribution in [2.24, 2.45) is 0 Å². The summed E-state index contributed by atoms with van der Waals surface area (Å²) in [5.41, 5.74) is -0.420. The zero-order valence-corrected chi connectivity index (χ0v) is 14.1. The maximum absolute atomic E-state index is 13.2. The molecule has 0 bridgehead atoms. The number of hydrogen-bond donors (Lipinski definition) is 1. The third-order valence-corrected chi connectivity index (χ3v) is 5.59. The number of nitrogens with one attached hydrogen (secondary N) is 1. The van der Waals surface area contributed by atoms with Crippen LogP contribution in [0.25, 0.3) is 0 Å². The molecule has 2 aromatic rings. The van der Waals surface area contributed by atoms with E-state index in [1.165, 1.54) is 29.0 Å². The van der Waals surface area contributed by atoms with Gasteiger partial charge in [0.2, 0.25) is 0 Å². The van der Waals surface area contributed by atoms with E-state index in [4.69, 9.17) is 0 Å². The maximum Gasteiger partial charge on any atom is 0.328 e. The molecule has 0 spiro atoms. The predicted molar refractivity (Wildman–Crippen MR) is 89.4 cm³/mol. The fourth-order valence-corrected chi connectivity index (χ4v) is 4.14. The van der Waals surface area contributed by atoms with Crippen molar-refractivity contribution in [1.82, 2.24) is 9.55 Å². The Morgan fingerprint density at radius 2 is 2.00 bits per heavy atom. The standard InChI is InChI=1S/C16H19FN2O4S/c1-12(13-4-2-5-14(17)10-13)11-24(22,23)9-3-7-19-8-6-15(20)18-16(19)21/h2,4-6,8,10,12H,3,7,9,11H2,1H3,(H,18,20,21)/t12-/m0/s1. The first-order chi connectivity index (χ1) is 11.3. The van der Waals surface area contributed by atoms with Crippen molar-refractivity contribution in [2.45, 2.75) is 25.8 Å². The van der Waals surface area contributed by atoms with Crippen LogP contribution in [-0.4, -0.2) is 29.5 Å². The van der Waals surface area contributed by atoms with Gasteiger partial charge < -0.3 is 4.57 Å². The molecule has 0 fully saturated rings. The van der Waals surface area contributed by atoms with Crippen LogP contribution in [0.15, 0.2) is 46.1 Å². The second-order valence-electron chi connectivity index (χ2n) is 5.73. The summed E-state index contributed by atoms with van der Waals surface area (Å²) in [7, 11) is -3.34. The molecule has 8 heteroatoms. The van der Waals surface area contributed by atoms with E-state index in [0.717, 1.165) is 0 Å². The van der Waals surface area contributed by atoms with Crippen LogP contribution in [0.1, 0.15) is 24.8 Å². The fourth-order valence-electron chi connectivity index (χ4n) is 2.45. The van der Waals surface area contributed by atoms with Crippen LogP contribution in [0.3, 0.4) is 0 Å². The topological polar surface area (TPSA) is 89.0 Å². The van der Waals surface area contributed by atoms with E-state index in [0.29, 0.717) is 5.56 Å². The number of halogens is 1. The van der Waals surface area contributed by atoms with Gasteiger partial charge in [-0.25, -0.2) is 17.6 Å². The summed E-state index contributed by atoms with van der Waals surface area (Å²) in [5, 5.41) is 0. The lowest BCUT2D eigenvalue weighted by molar-refractivity contribution is 0.575. The first kappa shape index (κ1) is 18.1. The second-order valence-corrected chi connectivity index (χ2v) is 7.96. The van der Waals surface area contributed by atoms with Crippen LogP contribution in [-0.2, 0) is 16.4 Å². The molecule has 2 rings (SSSR count). The monoisotopic (exact) mass is 354 g/mol. The summed E-state index contributed by atoms with van der Waals surface area (Å²) < 4.78 is 38.8. The summed E-state index contributed by atoms with van der Waals surface area (Å²) in [6.07, 6.45) is 1.59. The summed E-state index contributed by atoms with van der Waals surface area (Å²) in [6, 6.07) is 7.11. The average Bonchev–Trinajstić information content (AvgIpc) is 2.49. The highest BCUT2D eigenvalue weighted by molar-refractivity contribution is 7.91. The normalized spacial score (nSPS) is 12.9. The Hall–Kier alpha value is -2.22. The molecule has 0 radical (unpaired) electrons. The van der Waals surface area contributed by atoms with Gasteiger partial charge in [-0.05, 0) is 30.0 Å². The number of nitrogens with zero attached hydrogens (tertiary/aromatic N) is 1. The summed E-state index contributed by atoms with van der Waals surface area (Å²) in [6.45, 7) is 1.93. The van der Waals surface area contributed by atoms with Gasteiger partial charge in [-0.15, -0.1) is 0 Å². The first-order valence-corrected chi connectivity index (χ1v) is 9.34. The Labute approximate surface area is 138 Å². The van der Waals surface area contributed by atoms with Gasteiger partial charge >= 0.3 is 5.69 Å². The van der Waals surface area contributed by atoms with E-state index in [2.05, 4.69) is 4.98 Å². The summed E-state index contributed by atoms with van der Waals surface area (Å²) in [4.78, 5) is 24.6. The number of benzene rings is 1. The summed E-state index contributed by atoms with van der Waals surface area (Å²) >= 11 is 0. The minimum atomic E-state index is -3.34. The molecule has 0 amide bonds. The van der Waals surface area contributed by atoms with Gasteiger partial charge in [0, 0.05) is 18.8 Å². The number of aryl methyl sites for hydroxylation is 1. The number of aromatic amines is 1. The zero-order valence-electron chi connectivity index (χ0n) is 13.2. The lowest BCUT2D eigenvalue weighted by Gasteiger charge is -2.13. The number of H-pyrrole nitrogens is 1. The fraction of sp³-hybridized carbons (Fsp3) is 0.375. The molecule has 0 aliphatic heterocycles. The lowest BCUT2D eigenvalue weighted by Crippen LogP contribution is -2.29. The first-order valence-electron chi connectivity index (χ1n) is 7.52. The molecule has 0 aliphatic carbocycles. The highest BCUT2D eigenvalue weighted by atomic mass is 32.2. The Balaban J connectivity index is 1.93. The molecule has 1 heterocycles. The summed E-state index contributed by atoms with van der Waals surface area (Å²) in [5.74, 6) is -0.884. The lowest BCUT2D eigenvalue weighted by atomic mass is 10.0. The van der Waals surface area contributed by atoms with Gasteiger partial charge in [-0.1, -0.05) is 19.1 Å². The van der Waals surface area contributed by atoms with Crippen molar-refractivity contribution in [1.29, 1.82) is 0 Å². The number of sulfone groups is 1. The van der Waals surface area contributed by atoms with E-state index in [1.54, 1.807) is 19.1 Å². The highest BCUT2D eigenvalue weighted by Crippen LogP contribution is 2.18. The molecular weight excluding hydrogens is 335 g/mol. The van der Waals surface area contributed by atoms with Gasteiger partial charge in [0.15, 0.2) is 9.84 Å². The molecule has 0 saturated carbocycles. The average molecular weight is 354 g/mol. The maximum atomic E-state index is 13.2. The van der Waals surface area contributed by atoms with Gasteiger partial charge in [0.1, 0.15) is 5.82 Å². The quantitative estimate of drug-likeness (QED) is 0.811. The zero-order chi connectivity index (χ0) is 17.7. The van der Waals surface area contributed by atoms with Crippen molar-refractivity contribution in [3.63, 3.8) is 0 Å². The number of aromatic nitrogens is 2. The van der Waals surface area contributed by atoms with Crippen molar-refractivity contribution < 1.29 is 12.8 Å². The van der Waals surface area contributed by atoms with Crippen molar-refractivity contribution >= 4 is 9.84 Å². The molecule has 0 aliphatic rings. The number of rotatable bonds is 7. The molecule has 24 heavy (non-hydrogen) atoms. The molecule has 1 aromatic carbocycles. The molecule has 6 nitrogen and oxygen atoms in total.